The monoisotopic (exact) mass is 362 g/mol. The SMILES string of the molecule is C=CC(=O)N1Cc2ccc(NS(=O)(=O)c3cccc(Cl)c3)cc2C1. The molecule has 0 aliphatic carbocycles. The molecule has 2 aromatic rings. The second-order valence-electron chi connectivity index (χ2n) is 5.44. The summed E-state index contributed by atoms with van der Waals surface area (Å²) in [5, 5.41) is 0.352. The van der Waals surface area contributed by atoms with Crippen molar-refractivity contribution < 1.29 is 13.2 Å². The lowest BCUT2D eigenvalue weighted by atomic mass is 10.1. The number of nitrogens with zero attached hydrogens (tertiary/aromatic N) is 1. The van der Waals surface area contributed by atoms with Crippen LogP contribution in [0, 0.1) is 0 Å². The number of fused-ring (bicyclic) bond motifs is 1. The third-order valence-electron chi connectivity index (χ3n) is 3.77. The van der Waals surface area contributed by atoms with Crippen LogP contribution < -0.4 is 4.72 Å². The van der Waals surface area contributed by atoms with Crippen LogP contribution in [0.4, 0.5) is 5.69 Å². The third kappa shape index (κ3) is 3.29. The van der Waals surface area contributed by atoms with E-state index < -0.39 is 10.0 Å². The number of carbonyl (C=O) groups is 1. The molecule has 1 amide bonds. The van der Waals surface area contributed by atoms with E-state index >= 15 is 0 Å². The summed E-state index contributed by atoms with van der Waals surface area (Å²) in [5.74, 6) is -0.146. The van der Waals surface area contributed by atoms with Gasteiger partial charge in [-0.15, -0.1) is 0 Å². The smallest absolute Gasteiger partial charge is 0.261 e. The number of hydrogen-bond acceptors (Lipinski definition) is 3. The van der Waals surface area contributed by atoms with Gasteiger partial charge in [-0.1, -0.05) is 30.3 Å². The first-order chi connectivity index (χ1) is 11.4. The Morgan fingerprint density at radius 2 is 1.92 bits per heavy atom. The standard InChI is InChI=1S/C17H15ClN2O3S/c1-2-17(21)20-10-12-6-7-15(8-13(12)11-20)19-24(22,23)16-5-3-4-14(18)9-16/h2-9,19H,1,10-11H2. The number of benzene rings is 2. The first kappa shape index (κ1) is 16.5. The van der Waals surface area contributed by atoms with Crippen molar-refractivity contribution in [3.05, 3.63) is 71.3 Å². The first-order valence-corrected chi connectivity index (χ1v) is 9.07. The highest BCUT2D eigenvalue weighted by Crippen LogP contribution is 2.27. The van der Waals surface area contributed by atoms with Crippen molar-refractivity contribution in [2.24, 2.45) is 0 Å². The quantitative estimate of drug-likeness (QED) is 0.849. The van der Waals surface area contributed by atoms with Crippen molar-refractivity contribution in [2.75, 3.05) is 4.72 Å². The molecule has 0 atom stereocenters. The number of anilines is 1. The zero-order chi connectivity index (χ0) is 17.3. The van der Waals surface area contributed by atoms with Crippen molar-refractivity contribution in [1.29, 1.82) is 0 Å². The summed E-state index contributed by atoms with van der Waals surface area (Å²) < 4.78 is 27.4. The molecule has 0 bridgehead atoms. The lowest BCUT2D eigenvalue weighted by Gasteiger charge is -2.11. The second kappa shape index (κ2) is 6.30. The maximum Gasteiger partial charge on any atom is 0.261 e. The van der Waals surface area contributed by atoms with Crippen LogP contribution in [0.1, 0.15) is 11.1 Å². The molecule has 1 aliphatic heterocycles. The van der Waals surface area contributed by atoms with Crippen molar-refractivity contribution >= 4 is 33.2 Å². The van der Waals surface area contributed by atoms with Gasteiger partial charge in [-0.3, -0.25) is 9.52 Å². The van der Waals surface area contributed by atoms with Gasteiger partial charge in [0.1, 0.15) is 0 Å². The Morgan fingerprint density at radius 1 is 1.17 bits per heavy atom. The molecular formula is C17H15ClN2O3S. The van der Waals surface area contributed by atoms with Gasteiger partial charge in [0.25, 0.3) is 10.0 Å². The maximum atomic E-state index is 12.4. The minimum Gasteiger partial charge on any atom is -0.331 e. The van der Waals surface area contributed by atoms with Gasteiger partial charge < -0.3 is 4.90 Å². The Hall–Kier alpha value is -2.31. The van der Waals surface area contributed by atoms with Crippen LogP contribution in [0.2, 0.25) is 5.02 Å². The molecule has 0 saturated heterocycles. The number of nitrogens with one attached hydrogen (secondary N) is 1. The maximum absolute atomic E-state index is 12.4. The minimum absolute atomic E-state index is 0.0963. The van der Waals surface area contributed by atoms with Gasteiger partial charge in [-0.05, 0) is 47.5 Å². The van der Waals surface area contributed by atoms with Crippen molar-refractivity contribution in [1.82, 2.24) is 4.90 Å². The van der Waals surface area contributed by atoms with Gasteiger partial charge in [0.05, 0.1) is 4.90 Å². The van der Waals surface area contributed by atoms with Gasteiger partial charge in [-0.2, -0.15) is 0 Å². The number of hydrogen-bond donors (Lipinski definition) is 1. The molecule has 0 unspecified atom stereocenters. The molecule has 124 valence electrons. The molecular weight excluding hydrogens is 348 g/mol. The van der Waals surface area contributed by atoms with Gasteiger partial charge in [0, 0.05) is 23.8 Å². The summed E-state index contributed by atoms with van der Waals surface area (Å²) in [6.07, 6.45) is 1.27. The van der Waals surface area contributed by atoms with Crippen molar-refractivity contribution in [2.45, 2.75) is 18.0 Å². The van der Waals surface area contributed by atoms with Gasteiger partial charge in [0.2, 0.25) is 5.91 Å². The average Bonchev–Trinajstić information content (AvgIpc) is 2.97. The molecule has 1 N–H and O–H groups in total. The van der Waals surface area contributed by atoms with E-state index in [1.807, 2.05) is 6.07 Å². The Bertz CT molecular complexity index is 925. The van der Waals surface area contributed by atoms with Crippen LogP contribution in [0.5, 0.6) is 0 Å². The molecule has 3 rings (SSSR count). The Balaban J connectivity index is 1.83. The summed E-state index contributed by atoms with van der Waals surface area (Å²) in [5.41, 5.74) is 2.36. The summed E-state index contributed by atoms with van der Waals surface area (Å²) in [4.78, 5) is 13.4. The normalized spacial score (nSPS) is 13.5. The fourth-order valence-electron chi connectivity index (χ4n) is 2.59. The van der Waals surface area contributed by atoms with E-state index in [2.05, 4.69) is 11.3 Å². The van der Waals surface area contributed by atoms with E-state index in [0.717, 1.165) is 11.1 Å². The Kier molecular flexibility index (Phi) is 4.34. The number of sulfonamides is 1. The lowest BCUT2D eigenvalue weighted by Crippen LogP contribution is -2.22. The first-order valence-electron chi connectivity index (χ1n) is 7.20. The van der Waals surface area contributed by atoms with E-state index in [0.29, 0.717) is 23.8 Å². The summed E-state index contributed by atoms with van der Waals surface area (Å²) in [7, 11) is -3.72. The van der Waals surface area contributed by atoms with E-state index in [1.54, 1.807) is 29.2 Å². The molecule has 1 heterocycles. The number of amides is 1. The molecule has 0 fully saturated rings. The molecule has 0 saturated carbocycles. The molecule has 1 aliphatic rings. The fraction of sp³-hybridized carbons (Fsp3) is 0.118. The molecule has 0 radical (unpaired) electrons. The largest absolute Gasteiger partial charge is 0.331 e. The Morgan fingerprint density at radius 3 is 2.62 bits per heavy atom. The number of carbonyl (C=O) groups excluding carboxylic acids is 1. The minimum atomic E-state index is -3.72. The topological polar surface area (TPSA) is 66.5 Å². The van der Waals surface area contributed by atoms with Crippen molar-refractivity contribution in [3.8, 4) is 0 Å². The molecule has 0 spiro atoms. The zero-order valence-electron chi connectivity index (χ0n) is 12.7. The molecule has 7 heteroatoms. The van der Waals surface area contributed by atoms with Crippen molar-refractivity contribution in [3.63, 3.8) is 0 Å². The molecule has 24 heavy (non-hydrogen) atoms. The van der Waals surface area contributed by atoms with Gasteiger partial charge in [-0.25, -0.2) is 8.42 Å². The van der Waals surface area contributed by atoms with E-state index in [9.17, 15) is 13.2 Å². The van der Waals surface area contributed by atoms with E-state index in [4.69, 9.17) is 11.6 Å². The van der Waals surface area contributed by atoms with Crippen LogP contribution in [0.15, 0.2) is 60.0 Å². The highest BCUT2D eigenvalue weighted by Gasteiger charge is 2.22. The van der Waals surface area contributed by atoms with Crippen LogP contribution in [0.3, 0.4) is 0 Å². The van der Waals surface area contributed by atoms with Crippen LogP contribution in [-0.2, 0) is 27.9 Å². The highest BCUT2D eigenvalue weighted by molar-refractivity contribution is 7.92. The number of rotatable bonds is 4. The van der Waals surface area contributed by atoms with Crippen LogP contribution in [-0.4, -0.2) is 19.2 Å². The average molecular weight is 363 g/mol. The predicted octanol–water partition coefficient (Wildman–Crippen LogP) is 3.17. The van der Waals surface area contributed by atoms with E-state index in [-0.39, 0.29) is 10.8 Å². The summed E-state index contributed by atoms with van der Waals surface area (Å²) in [6.45, 7) is 4.42. The van der Waals surface area contributed by atoms with Crippen LogP contribution >= 0.6 is 11.6 Å². The Labute approximate surface area is 145 Å². The zero-order valence-corrected chi connectivity index (χ0v) is 14.3. The van der Waals surface area contributed by atoms with Crippen LogP contribution in [0.25, 0.3) is 0 Å². The molecule has 5 nitrogen and oxygen atoms in total. The summed E-state index contributed by atoms with van der Waals surface area (Å²) >= 11 is 5.85. The number of halogens is 1. The fourth-order valence-corrected chi connectivity index (χ4v) is 3.94. The lowest BCUT2D eigenvalue weighted by molar-refractivity contribution is -0.126. The predicted molar refractivity (Wildman–Crippen MR) is 93.2 cm³/mol. The third-order valence-corrected chi connectivity index (χ3v) is 5.39. The highest BCUT2D eigenvalue weighted by atomic mass is 35.5. The summed E-state index contributed by atoms with van der Waals surface area (Å²) in [6, 6.07) is 11.3. The molecule has 2 aromatic carbocycles. The second-order valence-corrected chi connectivity index (χ2v) is 7.56. The van der Waals surface area contributed by atoms with Gasteiger partial charge >= 0.3 is 0 Å². The van der Waals surface area contributed by atoms with Gasteiger partial charge in [0.15, 0.2) is 0 Å². The molecule has 0 aromatic heterocycles. The van der Waals surface area contributed by atoms with E-state index in [1.165, 1.54) is 18.2 Å².